The van der Waals surface area contributed by atoms with Crippen molar-refractivity contribution in [3.05, 3.63) is 83.5 Å². The van der Waals surface area contributed by atoms with Gasteiger partial charge in [-0.15, -0.1) is 0 Å². The van der Waals surface area contributed by atoms with Gasteiger partial charge in [0.2, 0.25) is 0 Å². The van der Waals surface area contributed by atoms with Crippen LogP contribution in [0.4, 0.5) is 13.2 Å². The Morgan fingerprint density at radius 1 is 1.20 bits per heavy atom. The summed E-state index contributed by atoms with van der Waals surface area (Å²) in [6.07, 6.45) is 2.08. The number of aromatic nitrogens is 6. The molecule has 0 fully saturated rings. The molecule has 1 aliphatic rings. The molecule has 1 aliphatic heterocycles. The fraction of sp³-hybridized carbons (Fsp3) is 0.217. The Bertz CT molecular complexity index is 1580. The van der Waals surface area contributed by atoms with Gasteiger partial charge in [-0.05, 0) is 30.3 Å². The van der Waals surface area contributed by atoms with Crippen LogP contribution in [0.1, 0.15) is 39.0 Å². The van der Waals surface area contributed by atoms with Crippen molar-refractivity contribution in [1.29, 1.82) is 0 Å². The Hall–Kier alpha value is -4.35. The molecule has 0 radical (unpaired) electrons. The van der Waals surface area contributed by atoms with Gasteiger partial charge in [0.05, 0.1) is 59.4 Å². The second kappa shape index (κ2) is 7.58. The summed E-state index contributed by atoms with van der Waals surface area (Å²) in [5.41, 5.74) is 1.71. The van der Waals surface area contributed by atoms with Crippen LogP contribution in [0.15, 0.2) is 55.2 Å². The minimum absolute atomic E-state index is 0.0897. The molecule has 1 amide bonds. The monoisotopic (exact) mass is 481 g/mol. The number of carbonyl (C=O) groups excluding carboxylic acids is 1. The van der Waals surface area contributed by atoms with Gasteiger partial charge in [-0.1, -0.05) is 0 Å². The molecule has 0 unspecified atom stereocenters. The van der Waals surface area contributed by atoms with Gasteiger partial charge in [-0.3, -0.25) is 4.79 Å². The SMILES string of the molecule is COc1ccc2c(C(=O)N3CCc4[nH]cnc4[C@H]3c3cc4c(C(F)(F)F)cccn4n3)cnn2c1. The number of imidazole rings is 1. The number of hydrogen-bond acceptors (Lipinski definition) is 5. The van der Waals surface area contributed by atoms with Crippen molar-refractivity contribution in [2.75, 3.05) is 13.7 Å². The molecule has 0 spiro atoms. The van der Waals surface area contributed by atoms with Gasteiger partial charge in [-0.2, -0.15) is 23.4 Å². The predicted molar refractivity (Wildman–Crippen MR) is 117 cm³/mol. The van der Waals surface area contributed by atoms with E-state index >= 15 is 0 Å². The molecule has 0 bridgehead atoms. The van der Waals surface area contributed by atoms with Crippen LogP contribution in [0.3, 0.4) is 0 Å². The first-order chi connectivity index (χ1) is 16.8. The van der Waals surface area contributed by atoms with E-state index in [4.69, 9.17) is 4.74 Å². The maximum Gasteiger partial charge on any atom is 0.418 e. The summed E-state index contributed by atoms with van der Waals surface area (Å²) >= 11 is 0. The summed E-state index contributed by atoms with van der Waals surface area (Å²) in [7, 11) is 1.54. The third-order valence-corrected chi connectivity index (χ3v) is 6.25. The maximum absolute atomic E-state index is 13.8. The molecule has 5 aromatic heterocycles. The molecule has 0 saturated heterocycles. The van der Waals surface area contributed by atoms with Crippen molar-refractivity contribution in [2.24, 2.45) is 0 Å². The van der Waals surface area contributed by atoms with E-state index in [0.29, 0.717) is 41.2 Å². The number of hydrogen-bond donors (Lipinski definition) is 1. The standard InChI is InChI=1S/C23H18F3N7O2/c1-35-13-4-5-18-14(10-29-33(18)11-13)22(34)31-8-6-16-20(28-12-27-16)21(31)17-9-19-15(23(24,25)26)3-2-7-32(19)30-17/h2-5,7,9-12,21H,6,8H2,1H3,(H,27,28)/t21-/m1/s1. The van der Waals surface area contributed by atoms with Gasteiger partial charge in [0, 0.05) is 24.9 Å². The minimum Gasteiger partial charge on any atom is -0.495 e. The highest BCUT2D eigenvalue weighted by Crippen LogP contribution is 2.37. The molecule has 5 aromatic rings. The van der Waals surface area contributed by atoms with Gasteiger partial charge >= 0.3 is 6.18 Å². The van der Waals surface area contributed by atoms with E-state index in [1.807, 2.05) is 0 Å². The van der Waals surface area contributed by atoms with E-state index in [-0.39, 0.29) is 11.4 Å². The normalized spacial score (nSPS) is 16.1. The van der Waals surface area contributed by atoms with E-state index in [9.17, 15) is 18.0 Å². The van der Waals surface area contributed by atoms with Gasteiger partial charge < -0.3 is 14.6 Å². The number of ether oxygens (including phenoxy) is 1. The molecule has 178 valence electrons. The minimum atomic E-state index is -4.54. The topological polar surface area (TPSA) is 92.8 Å². The number of carbonyl (C=O) groups is 1. The van der Waals surface area contributed by atoms with Crippen LogP contribution >= 0.6 is 0 Å². The number of nitrogens with one attached hydrogen (secondary N) is 1. The van der Waals surface area contributed by atoms with E-state index in [0.717, 1.165) is 11.8 Å². The van der Waals surface area contributed by atoms with Crippen LogP contribution in [0.25, 0.3) is 11.0 Å². The molecule has 9 nitrogen and oxygen atoms in total. The first kappa shape index (κ1) is 21.2. The Labute approximate surface area is 195 Å². The second-order valence-corrected chi connectivity index (χ2v) is 8.19. The lowest BCUT2D eigenvalue weighted by Gasteiger charge is -2.33. The van der Waals surface area contributed by atoms with Crippen LogP contribution in [-0.2, 0) is 12.6 Å². The number of alkyl halides is 3. The number of H-pyrrole nitrogens is 1. The van der Waals surface area contributed by atoms with Crippen molar-refractivity contribution >= 4 is 16.9 Å². The molecule has 1 N–H and O–H groups in total. The third kappa shape index (κ3) is 3.32. The molecule has 0 saturated carbocycles. The Balaban J connectivity index is 1.47. The summed E-state index contributed by atoms with van der Waals surface area (Å²) in [4.78, 5) is 22.8. The van der Waals surface area contributed by atoms with Crippen LogP contribution in [0, 0.1) is 0 Å². The zero-order valence-electron chi connectivity index (χ0n) is 18.3. The Kier molecular flexibility index (Phi) is 4.59. The number of fused-ring (bicyclic) bond motifs is 3. The predicted octanol–water partition coefficient (Wildman–Crippen LogP) is 3.52. The zero-order chi connectivity index (χ0) is 24.3. The molecule has 6 heterocycles. The molecule has 0 aliphatic carbocycles. The van der Waals surface area contributed by atoms with Crippen molar-refractivity contribution < 1.29 is 22.7 Å². The fourth-order valence-corrected chi connectivity index (χ4v) is 4.61. The van der Waals surface area contributed by atoms with E-state index in [1.165, 1.54) is 42.5 Å². The van der Waals surface area contributed by atoms with Crippen LogP contribution in [-0.4, -0.2) is 53.7 Å². The second-order valence-electron chi connectivity index (χ2n) is 8.19. The van der Waals surface area contributed by atoms with Crippen LogP contribution < -0.4 is 4.74 Å². The number of rotatable bonds is 3. The van der Waals surface area contributed by atoms with Gasteiger partial charge in [-0.25, -0.2) is 14.0 Å². The first-order valence-corrected chi connectivity index (χ1v) is 10.7. The van der Waals surface area contributed by atoms with Crippen LogP contribution in [0.2, 0.25) is 0 Å². The summed E-state index contributed by atoms with van der Waals surface area (Å²) in [6.45, 7) is 0.326. The molecular weight excluding hydrogens is 463 g/mol. The number of methoxy groups -OCH3 is 1. The number of pyridine rings is 2. The molecular formula is C23H18F3N7O2. The number of halogens is 3. The Morgan fingerprint density at radius 3 is 2.86 bits per heavy atom. The summed E-state index contributed by atoms with van der Waals surface area (Å²) < 4.78 is 48.8. The fourth-order valence-electron chi connectivity index (χ4n) is 4.61. The van der Waals surface area contributed by atoms with Gasteiger partial charge in [0.15, 0.2) is 0 Å². The number of aromatic amines is 1. The van der Waals surface area contributed by atoms with Crippen molar-refractivity contribution in [2.45, 2.75) is 18.6 Å². The molecule has 6 rings (SSSR count). The average Bonchev–Trinajstić information content (AvgIpc) is 3.59. The first-order valence-electron chi connectivity index (χ1n) is 10.7. The van der Waals surface area contributed by atoms with E-state index in [1.54, 1.807) is 27.7 Å². The third-order valence-electron chi connectivity index (χ3n) is 6.25. The highest BCUT2D eigenvalue weighted by atomic mass is 19.4. The Morgan fingerprint density at radius 2 is 2.06 bits per heavy atom. The van der Waals surface area contributed by atoms with Crippen molar-refractivity contribution in [1.82, 2.24) is 34.1 Å². The molecule has 1 atom stereocenters. The lowest BCUT2D eigenvalue weighted by Crippen LogP contribution is -2.41. The summed E-state index contributed by atoms with van der Waals surface area (Å²) in [5.74, 6) is 0.263. The zero-order valence-corrected chi connectivity index (χ0v) is 18.3. The van der Waals surface area contributed by atoms with Crippen LogP contribution in [0.5, 0.6) is 5.75 Å². The van der Waals surface area contributed by atoms with E-state index in [2.05, 4.69) is 20.2 Å². The van der Waals surface area contributed by atoms with Gasteiger partial charge in [0.25, 0.3) is 5.91 Å². The number of nitrogens with zero attached hydrogens (tertiary/aromatic N) is 6. The highest BCUT2D eigenvalue weighted by molar-refractivity contribution is 6.01. The number of amides is 1. The molecule has 35 heavy (non-hydrogen) atoms. The molecule has 0 aromatic carbocycles. The average molecular weight is 481 g/mol. The van der Waals surface area contributed by atoms with Gasteiger partial charge in [0.1, 0.15) is 11.8 Å². The largest absolute Gasteiger partial charge is 0.495 e. The quantitative estimate of drug-likeness (QED) is 0.426. The van der Waals surface area contributed by atoms with E-state index < -0.39 is 17.8 Å². The van der Waals surface area contributed by atoms with Crippen molar-refractivity contribution in [3.8, 4) is 5.75 Å². The highest BCUT2D eigenvalue weighted by Gasteiger charge is 2.39. The smallest absolute Gasteiger partial charge is 0.418 e. The summed E-state index contributed by atoms with van der Waals surface area (Å²) in [6, 6.07) is 6.37. The molecule has 12 heteroatoms. The van der Waals surface area contributed by atoms with Crippen molar-refractivity contribution in [3.63, 3.8) is 0 Å². The lowest BCUT2D eigenvalue weighted by atomic mass is 9.98. The summed E-state index contributed by atoms with van der Waals surface area (Å²) in [5, 5.41) is 8.69. The maximum atomic E-state index is 13.8. The lowest BCUT2D eigenvalue weighted by molar-refractivity contribution is -0.136.